The molecule has 0 saturated carbocycles. The number of rotatable bonds is 2. The summed E-state index contributed by atoms with van der Waals surface area (Å²) in [5.74, 6) is -0.162. The van der Waals surface area contributed by atoms with E-state index in [0.717, 1.165) is 14.5 Å². The largest absolute Gasteiger partial charge is 0.399 e. The third kappa shape index (κ3) is 3.02. The highest BCUT2D eigenvalue weighted by atomic mass is 79.9. The van der Waals surface area contributed by atoms with Crippen LogP contribution in [-0.2, 0) is 0 Å². The van der Waals surface area contributed by atoms with Crippen LogP contribution < -0.4 is 5.73 Å². The number of benzene rings is 2. The molecule has 0 spiro atoms. The Labute approximate surface area is 133 Å². The highest BCUT2D eigenvalue weighted by molar-refractivity contribution is 9.11. The molecule has 0 radical (unpaired) electrons. The predicted molar refractivity (Wildman–Crippen MR) is 85.9 cm³/mol. The smallest absolute Gasteiger partial charge is 0.195 e. The first-order chi connectivity index (χ1) is 8.90. The Morgan fingerprint density at radius 1 is 1.11 bits per heavy atom. The first-order valence-electron chi connectivity index (χ1n) is 5.45. The molecule has 0 unspecified atom stereocenters. The van der Waals surface area contributed by atoms with Crippen molar-refractivity contribution in [3.8, 4) is 0 Å². The van der Waals surface area contributed by atoms with Crippen molar-refractivity contribution in [3.05, 3.63) is 61.0 Å². The Morgan fingerprint density at radius 2 is 1.79 bits per heavy atom. The lowest BCUT2D eigenvalue weighted by Gasteiger charge is -2.09. The molecule has 2 aromatic carbocycles. The number of hydrogen-bond acceptors (Lipinski definition) is 2. The number of carbonyl (C=O) groups is 1. The fraction of sp³-hybridized carbons (Fsp3) is 0.0714. The number of nitrogens with two attached hydrogens (primary N) is 1. The first kappa shape index (κ1) is 14.6. The lowest BCUT2D eigenvalue weighted by molar-refractivity contribution is 0.103. The van der Waals surface area contributed by atoms with Crippen LogP contribution in [-0.4, -0.2) is 5.78 Å². The summed E-state index contributed by atoms with van der Waals surface area (Å²) in [6, 6.07) is 8.55. The number of hydrogen-bond donors (Lipinski definition) is 1. The van der Waals surface area contributed by atoms with E-state index in [2.05, 4.69) is 31.9 Å². The molecule has 0 aliphatic heterocycles. The summed E-state index contributed by atoms with van der Waals surface area (Å²) in [4.78, 5) is 12.5. The van der Waals surface area contributed by atoms with Gasteiger partial charge in [0.1, 0.15) is 0 Å². The van der Waals surface area contributed by atoms with Crippen LogP contribution in [0.3, 0.4) is 0 Å². The summed E-state index contributed by atoms with van der Waals surface area (Å²) < 4.78 is 1.61. The second kappa shape index (κ2) is 5.65. The zero-order chi connectivity index (χ0) is 14.2. The molecule has 19 heavy (non-hydrogen) atoms. The van der Waals surface area contributed by atoms with Crippen LogP contribution in [0.25, 0.3) is 0 Å². The summed E-state index contributed by atoms with van der Waals surface area (Å²) in [6.07, 6.45) is 0. The van der Waals surface area contributed by atoms with Gasteiger partial charge in [-0.3, -0.25) is 4.79 Å². The molecular formula is C14H10Br2ClNO. The quantitative estimate of drug-likeness (QED) is 0.567. The highest BCUT2D eigenvalue weighted by Crippen LogP contribution is 2.29. The normalized spacial score (nSPS) is 10.5. The van der Waals surface area contributed by atoms with Gasteiger partial charge in [-0.2, -0.15) is 0 Å². The summed E-state index contributed by atoms with van der Waals surface area (Å²) in [5.41, 5.74) is 8.20. The average molecular weight is 404 g/mol. The molecule has 98 valence electrons. The third-order valence-corrected chi connectivity index (χ3v) is 4.57. The Balaban J connectivity index is 2.56. The van der Waals surface area contributed by atoms with Gasteiger partial charge in [0, 0.05) is 25.8 Å². The minimum Gasteiger partial charge on any atom is -0.399 e. The van der Waals surface area contributed by atoms with Gasteiger partial charge in [-0.15, -0.1) is 0 Å². The van der Waals surface area contributed by atoms with Crippen LogP contribution in [0.1, 0.15) is 21.5 Å². The molecule has 0 aromatic heterocycles. The van der Waals surface area contributed by atoms with Gasteiger partial charge < -0.3 is 5.73 Å². The van der Waals surface area contributed by atoms with E-state index in [9.17, 15) is 4.79 Å². The summed E-state index contributed by atoms with van der Waals surface area (Å²) in [7, 11) is 0. The van der Waals surface area contributed by atoms with Gasteiger partial charge >= 0.3 is 0 Å². The molecule has 0 aliphatic rings. The number of carbonyl (C=O) groups excluding carboxylic acids is 1. The SMILES string of the molecule is Cc1cc(Br)c(C(=O)c2cc(N)ccc2Cl)cc1Br. The zero-order valence-corrected chi connectivity index (χ0v) is 13.9. The second-order valence-electron chi connectivity index (χ2n) is 4.15. The Hall–Kier alpha value is -0.840. The summed E-state index contributed by atoms with van der Waals surface area (Å²) in [6.45, 7) is 1.95. The van der Waals surface area contributed by atoms with Gasteiger partial charge in [0.05, 0.1) is 5.02 Å². The number of nitrogen functional groups attached to an aromatic ring is 1. The summed E-state index contributed by atoms with van der Waals surface area (Å²) in [5, 5.41) is 0.391. The number of anilines is 1. The molecule has 5 heteroatoms. The van der Waals surface area contributed by atoms with Crippen molar-refractivity contribution >= 4 is 54.9 Å². The van der Waals surface area contributed by atoms with Crippen molar-refractivity contribution in [2.45, 2.75) is 6.92 Å². The lowest BCUT2D eigenvalue weighted by atomic mass is 10.0. The van der Waals surface area contributed by atoms with E-state index in [4.69, 9.17) is 17.3 Å². The van der Waals surface area contributed by atoms with Crippen molar-refractivity contribution in [2.24, 2.45) is 0 Å². The van der Waals surface area contributed by atoms with Crippen molar-refractivity contribution in [1.82, 2.24) is 0 Å². The van der Waals surface area contributed by atoms with Crippen LogP contribution in [0.2, 0.25) is 5.02 Å². The standard InChI is InChI=1S/C14H10Br2ClNO/c1-7-4-12(16)9(6-11(7)15)14(19)10-5-8(18)2-3-13(10)17/h2-6H,18H2,1H3. The van der Waals surface area contributed by atoms with Crippen molar-refractivity contribution < 1.29 is 4.79 Å². The Morgan fingerprint density at radius 3 is 2.47 bits per heavy atom. The van der Waals surface area contributed by atoms with Crippen LogP contribution in [0.15, 0.2) is 39.3 Å². The van der Waals surface area contributed by atoms with E-state index in [-0.39, 0.29) is 5.78 Å². The van der Waals surface area contributed by atoms with E-state index >= 15 is 0 Å². The molecule has 2 rings (SSSR count). The Kier molecular flexibility index (Phi) is 4.33. The number of ketones is 1. The maximum absolute atomic E-state index is 12.5. The van der Waals surface area contributed by atoms with E-state index in [1.807, 2.05) is 13.0 Å². The summed E-state index contributed by atoms with van der Waals surface area (Å²) >= 11 is 12.9. The van der Waals surface area contributed by atoms with E-state index in [0.29, 0.717) is 21.8 Å². The fourth-order valence-electron chi connectivity index (χ4n) is 1.68. The van der Waals surface area contributed by atoms with Crippen LogP contribution in [0.5, 0.6) is 0 Å². The van der Waals surface area contributed by atoms with Gasteiger partial charge in [-0.05, 0) is 42.8 Å². The predicted octanol–water partition coefficient (Wildman–Crippen LogP) is 4.99. The molecule has 0 aliphatic carbocycles. The number of aryl methyl sites for hydroxylation is 1. The molecule has 0 saturated heterocycles. The minimum atomic E-state index is -0.162. The van der Waals surface area contributed by atoms with Gasteiger partial charge in [0.25, 0.3) is 0 Å². The Bertz CT molecular complexity index is 671. The molecule has 0 amide bonds. The van der Waals surface area contributed by atoms with Crippen LogP contribution in [0, 0.1) is 6.92 Å². The van der Waals surface area contributed by atoms with E-state index in [1.165, 1.54) is 0 Å². The fourth-order valence-corrected chi connectivity index (χ4v) is 2.87. The zero-order valence-electron chi connectivity index (χ0n) is 10.0. The van der Waals surface area contributed by atoms with Crippen molar-refractivity contribution in [1.29, 1.82) is 0 Å². The van der Waals surface area contributed by atoms with Gasteiger partial charge in [0.15, 0.2) is 5.78 Å². The molecular weight excluding hydrogens is 393 g/mol. The number of halogens is 3. The molecule has 0 fully saturated rings. The van der Waals surface area contributed by atoms with E-state index < -0.39 is 0 Å². The molecule has 0 atom stereocenters. The minimum absolute atomic E-state index is 0.162. The van der Waals surface area contributed by atoms with E-state index in [1.54, 1.807) is 24.3 Å². The maximum atomic E-state index is 12.5. The molecule has 2 N–H and O–H groups in total. The lowest BCUT2D eigenvalue weighted by Crippen LogP contribution is -2.05. The molecule has 2 aromatic rings. The van der Waals surface area contributed by atoms with Crippen LogP contribution in [0.4, 0.5) is 5.69 Å². The molecule has 0 bridgehead atoms. The highest BCUT2D eigenvalue weighted by Gasteiger charge is 2.17. The monoisotopic (exact) mass is 401 g/mol. The first-order valence-corrected chi connectivity index (χ1v) is 7.42. The van der Waals surface area contributed by atoms with Crippen LogP contribution >= 0.6 is 43.5 Å². The van der Waals surface area contributed by atoms with Crippen molar-refractivity contribution in [3.63, 3.8) is 0 Å². The van der Waals surface area contributed by atoms with Gasteiger partial charge in [-0.1, -0.05) is 43.5 Å². The van der Waals surface area contributed by atoms with Crippen molar-refractivity contribution in [2.75, 3.05) is 5.73 Å². The second-order valence-corrected chi connectivity index (χ2v) is 6.27. The maximum Gasteiger partial charge on any atom is 0.195 e. The topological polar surface area (TPSA) is 43.1 Å². The third-order valence-electron chi connectivity index (χ3n) is 2.73. The van der Waals surface area contributed by atoms with Gasteiger partial charge in [0.2, 0.25) is 0 Å². The molecule has 2 nitrogen and oxygen atoms in total. The average Bonchev–Trinajstić information content (AvgIpc) is 2.36. The van der Waals surface area contributed by atoms with Gasteiger partial charge in [-0.25, -0.2) is 0 Å². The molecule has 0 heterocycles.